The Morgan fingerprint density at radius 1 is 0.893 bits per heavy atom. The molecule has 0 saturated carbocycles. The van der Waals surface area contributed by atoms with Crippen molar-refractivity contribution in [1.82, 2.24) is 4.98 Å². The summed E-state index contributed by atoms with van der Waals surface area (Å²) in [4.78, 5) is 4.57. The van der Waals surface area contributed by atoms with Crippen LogP contribution in [0.3, 0.4) is 0 Å². The highest BCUT2D eigenvalue weighted by atomic mass is 15.1. The summed E-state index contributed by atoms with van der Waals surface area (Å²) in [5, 5.41) is 16.0. The van der Waals surface area contributed by atoms with Gasteiger partial charge in [0.2, 0.25) is 0 Å². The van der Waals surface area contributed by atoms with E-state index >= 15 is 0 Å². The monoisotopic (exact) mass is 374 g/mol. The normalized spacial score (nSPS) is 9.00. The summed E-state index contributed by atoms with van der Waals surface area (Å²) >= 11 is 0. The van der Waals surface area contributed by atoms with Crippen LogP contribution in [0, 0.1) is 18.3 Å². The summed E-state index contributed by atoms with van der Waals surface area (Å²) in [6, 6.07) is 24.0. The average Bonchev–Trinajstić information content (AvgIpc) is 2.76. The Morgan fingerprint density at radius 2 is 1.46 bits per heavy atom. The van der Waals surface area contributed by atoms with Crippen LogP contribution in [0.4, 0.5) is 17.3 Å². The molecule has 3 rings (SSSR count). The quantitative estimate of drug-likeness (QED) is 0.523. The van der Waals surface area contributed by atoms with Crippen molar-refractivity contribution in [3.05, 3.63) is 83.4 Å². The van der Waals surface area contributed by atoms with E-state index in [1.807, 2.05) is 89.2 Å². The van der Waals surface area contributed by atoms with Gasteiger partial charge in [0, 0.05) is 12.2 Å². The van der Waals surface area contributed by atoms with Crippen LogP contribution in [0.1, 0.15) is 44.4 Å². The zero-order valence-corrected chi connectivity index (χ0v) is 17.5. The van der Waals surface area contributed by atoms with Crippen LogP contribution in [0.15, 0.2) is 66.7 Å². The maximum Gasteiger partial charge on any atom is 0.151 e. The summed E-state index contributed by atoms with van der Waals surface area (Å²) in [5.74, 6) is 1.31. The van der Waals surface area contributed by atoms with Crippen LogP contribution in [0.2, 0.25) is 0 Å². The van der Waals surface area contributed by atoms with Gasteiger partial charge < -0.3 is 10.6 Å². The van der Waals surface area contributed by atoms with Crippen molar-refractivity contribution in [3.63, 3.8) is 0 Å². The van der Waals surface area contributed by atoms with Crippen LogP contribution in [-0.4, -0.2) is 4.98 Å². The van der Waals surface area contributed by atoms with Gasteiger partial charge >= 0.3 is 0 Å². The van der Waals surface area contributed by atoms with Gasteiger partial charge in [-0.2, -0.15) is 5.26 Å². The number of aromatic nitrogens is 1. The first-order chi connectivity index (χ1) is 13.8. The molecule has 0 saturated heterocycles. The van der Waals surface area contributed by atoms with E-state index in [9.17, 15) is 5.26 Å². The van der Waals surface area contributed by atoms with Crippen LogP contribution >= 0.6 is 0 Å². The highest BCUT2D eigenvalue weighted by Crippen LogP contribution is 2.24. The summed E-state index contributed by atoms with van der Waals surface area (Å²) in [6.07, 6.45) is 0. The molecule has 0 amide bonds. The van der Waals surface area contributed by atoms with Gasteiger partial charge in [-0.25, -0.2) is 4.98 Å². The van der Waals surface area contributed by atoms with E-state index in [4.69, 9.17) is 0 Å². The Morgan fingerprint density at radius 3 is 2.04 bits per heavy atom. The third-order valence-electron chi connectivity index (χ3n) is 3.68. The molecular formula is C24H30N4. The van der Waals surface area contributed by atoms with E-state index in [0.29, 0.717) is 17.9 Å². The number of anilines is 3. The maximum absolute atomic E-state index is 9.43. The van der Waals surface area contributed by atoms with Gasteiger partial charge in [0.15, 0.2) is 5.82 Å². The van der Waals surface area contributed by atoms with Crippen molar-refractivity contribution in [1.29, 1.82) is 5.26 Å². The molecule has 146 valence electrons. The number of hydrogen-bond donors (Lipinski definition) is 2. The fourth-order valence-corrected chi connectivity index (χ4v) is 2.44. The van der Waals surface area contributed by atoms with E-state index in [0.717, 1.165) is 17.1 Å². The van der Waals surface area contributed by atoms with E-state index in [-0.39, 0.29) is 0 Å². The maximum atomic E-state index is 9.43. The molecule has 2 aromatic carbocycles. The van der Waals surface area contributed by atoms with Gasteiger partial charge in [-0.15, -0.1) is 0 Å². The fraction of sp³-hybridized carbons (Fsp3) is 0.250. The van der Waals surface area contributed by atoms with Gasteiger partial charge in [0.25, 0.3) is 0 Å². The molecule has 0 unspecified atom stereocenters. The van der Waals surface area contributed by atoms with Gasteiger partial charge in [0.1, 0.15) is 11.9 Å². The summed E-state index contributed by atoms with van der Waals surface area (Å²) in [7, 11) is 0. The molecule has 4 nitrogen and oxygen atoms in total. The third kappa shape index (κ3) is 6.77. The molecule has 0 radical (unpaired) electrons. The minimum atomic E-state index is 0.559. The minimum absolute atomic E-state index is 0.559. The lowest BCUT2D eigenvalue weighted by Gasteiger charge is -2.13. The Bertz CT molecular complexity index is 853. The number of nitriles is 1. The van der Waals surface area contributed by atoms with Crippen molar-refractivity contribution in [3.8, 4) is 6.07 Å². The van der Waals surface area contributed by atoms with Crippen LogP contribution in [0.5, 0.6) is 0 Å². The summed E-state index contributed by atoms with van der Waals surface area (Å²) in [5.41, 5.74) is 3.53. The van der Waals surface area contributed by atoms with Crippen molar-refractivity contribution in [2.75, 3.05) is 10.6 Å². The highest BCUT2D eigenvalue weighted by Gasteiger charge is 2.10. The molecule has 0 atom stereocenters. The van der Waals surface area contributed by atoms with Gasteiger partial charge in [0.05, 0.1) is 5.56 Å². The lowest BCUT2D eigenvalue weighted by Crippen LogP contribution is -2.06. The predicted molar refractivity (Wildman–Crippen MR) is 120 cm³/mol. The van der Waals surface area contributed by atoms with Gasteiger partial charge in [-0.3, -0.25) is 0 Å². The largest absolute Gasteiger partial charge is 0.366 e. The highest BCUT2D eigenvalue weighted by molar-refractivity contribution is 5.67. The molecule has 28 heavy (non-hydrogen) atoms. The second-order valence-corrected chi connectivity index (χ2v) is 5.49. The first kappa shape index (κ1) is 22.7. The second-order valence-electron chi connectivity index (χ2n) is 5.49. The number of para-hydroxylation sites is 1. The Balaban J connectivity index is 0.000000921. The fourth-order valence-electron chi connectivity index (χ4n) is 2.44. The van der Waals surface area contributed by atoms with E-state index in [2.05, 4.69) is 33.8 Å². The standard InChI is InChI=1S/C20H18N4.2C2H6/c1-15-12-19(22-14-16-8-4-2-5-9-16)24-20(18(15)13-21)23-17-10-6-3-7-11-17;2*1-2/h2-12H,14H2,1H3,(H2,22,23,24);2*1-2H3. The van der Waals surface area contributed by atoms with Crippen LogP contribution < -0.4 is 10.6 Å². The number of hydrogen-bond acceptors (Lipinski definition) is 4. The van der Waals surface area contributed by atoms with E-state index < -0.39 is 0 Å². The molecular weight excluding hydrogens is 344 g/mol. The molecule has 1 heterocycles. The van der Waals surface area contributed by atoms with Crippen molar-refractivity contribution in [2.45, 2.75) is 41.2 Å². The van der Waals surface area contributed by atoms with E-state index in [1.54, 1.807) is 0 Å². The molecule has 0 bridgehead atoms. The third-order valence-corrected chi connectivity index (χ3v) is 3.68. The minimum Gasteiger partial charge on any atom is -0.366 e. The molecule has 3 aromatic rings. The Hall–Kier alpha value is -3.32. The topological polar surface area (TPSA) is 60.7 Å². The SMILES string of the molecule is CC.CC.Cc1cc(NCc2ccccc2)nc(Nc2ccccc2)c1C#N. The average molecular weight is 375 g/mol. The summed E-state index contributed by atoms with van der Waals surface area (Å²) in [6.45, 7) is 10.6. The first-order valence-electron chi connectivity index (χ1n) is 9.78. The molecule has 0 aliphatic carbocycles. The number of aryl methyl sites for hydroxylation is 1. The molecule has 2 N–H and O–H groups in total. The number of benzene rings is 2. The Labute approximate surface area is 169 Å². The van der Waals surface area contributed by atoms with Gasteiger partial charge in [-0.05, 0) is 36.2 Å². The second kappa shape index (κ2) is 12.9. The first-order valence-corrected chi connectivity index (χ1v) is 9.78. The number of pyridine rings is 1. The van der Waals surface area contributed by atoms with E-state index in [1.165, 1.54) is 5.56 Å². The zero-order valence-electron chi connectivity index (χ0n) is 17.5. The van der Waals surface area contributed by atoms with Crippen molar-refractivity contribution in [2.24, 2.45) is 0 Å². The van der Waals surface area contributed by atoms with Crippen LogP contribution in [0.25, 0.3) is 0 Å². The van der Waals surface area contributed by atoms with Crippen LogP contribution in [-0.2, 0) is 6.54 Å². The smallest absolute Gasteiger partial charge is 0.151 e. The molecule has 0 aliphatic rings. The lowest BCUT2D eigenvalue weighted by molar-refractivity contribution is 1.10. The molecule has 4 heteroatoms. The Kier molecular flexibility index (Phi) is 10.5. The lowest BCUT2D eigenvalue weighted by atomic mass is 10.1. The summed E-state index contributed by atoms with van der Waals surface area (Å²) < 4.78 is 0. The molecule has 0 fully saturated rings. The molecule has 0 aliphatic heterocycles. The predicted octanol–water partition coefficient (Wildman–Crippen LogP) is 6.67. The zero-order chi connectivity index (χ0) is 20.8. The molecule has 1 aromatic heterocycles. The number of rotatable bonds is 5. The van der Waals surface area contributed by atoms with Gasteiger partial charge in [-0.1, -0.05) is 76.2 Å². The number of nitrogens with zero attached hydrogens (tertiary/aromatic N) is 2. The number of nitrogens with one attached hydrogen (secondary N) is 2. The van der Waals surface area contributed by atoms with Crippen molar-refractivity contribution >= 4 is 17.3 Å². The molecule has 0 spiro atoms. The van der Waals surface area contributed by atoms with Crippen molar-refractivity contribution < 1.29 is 0 Å².